The first-order valence-electron chi connectivity index (χ1n) is 7.33. The Morgan fingerprint density at radius 1 is 0.960 bits per heavy atom. The average Bonchev–Trinajstić information content (AvgIpc) is 2.61. The molecule has 2 aromatic rings. The summed E-state index contributed by atoms with van der Waals surface area (Å²) in [6.07, 6.45) is 0. The van der Waals surface area contributed by atoms with Crippen molar-refractivity contribution in [3.05, 3.63) is 59.7 Å². The number of esters is 1. The fourth-order valence-electron chi connectivity index (χ4n) is 1.93. The number of hydrogen-bond acceptors (Lipinski definition) is 5. The van der Waals surface area contributed by atoms with Gasteiger partial charge < -0.3 is 15.4 Å². The molecule has 0 aliphatic rings. The molecule has 0 heterocycles. The Kier molecular flexibility index (Phi) is 5.85. The highest BCUT2D eigenvalue weighted by Crippen LogP contribution is 2.13. The molecule has 2 N–H and O–H groups in total. The van der Waals surface area contributed by atoms with Crippen molar-refractivity contribution in [3.8, 4) is 6.07 Å². The summed E-state index contributed by atoms with van der Waals surface area (Å²) in [7, 11) is 0. The molecule has 0 saturated heterocycles. The van der Waals surface area contributed by atoms with Gasteiger partial charge in [-0.3, -0.25) is 9.59 Å². The molecule has 7 nitrogen and oxygen atoms in total. The molecule has 7 heteroatoms. The lowest BCUT2D eigenvalue weighted by molar-refractivity contribution is -0.119. The standard InChI is InChI=1S/C18H15N3O4/c1-12(22)20-15-6-8-16(9-7-15)21-17(23)11-25-18(24)14-4-2-13(10-19)3-5-14/h2-9H,11H2,1H3,(H,20,22)(H,21,23). The molecule has 126 valence electrons. The minimum absolute atomic E-state index is 0.188. The highest BCUT2D eigenvalue weighted by Gasteiger charge is 2.10. The summed E-state index contributed by atoms with van der Waals surface area (Å²) in [6, 6.07) is 14.4. The van der Waals surface area contributed by atoms with Gasteiger partial charge in [0.2, 0.25) is 5.91 Å². The third kappa shape index (κ3) is 5.48. The first kappa shape index (κ1) is 17.7. The molecule has 0 aromatic heterocycles. The van der Waals surface area contributed by atoms with Crippen LogP contribution in [-0.4, -0.2) is 24.4 Å². The maximum atomic E-state index is 11.8. The van der Waals surface area contributed by atoms with Gasteiger partial charge in [0.05, 0.1) is 17.2 Å². The minimum Gasteiger partial charge on any atom is -0.452 e. The molecule has 0 fully saturated rings. The van der Waals surface area contributed by atoms with Crippen molar-refractivity contribution < 1.29 is 19.1 Å². The molecule has 0 atom stereocenters. The van der Waals surface area contributed by atoms with Gasteiger partial charge in [0.25, 0.3) is 5.91 Å². The van der Waals surface area contributed by atoms with Gasteiger partial charge in [-0.15, -0.1) is 0 Å². The zero-order chi connectivity index (χ0) is 18.2. The van der Waals surface area contributed by atoms with E-state index in [2.05, 4.69) is 10.6 Å². The van der Waals surface area contributed by atoms with E-state index in [0.717, 1.165) is 0 Å². The van der Waals surface area contributed by atoms with Gasteiger partial charge in [-0.05, 0) is 48.5 Å². The number of carbonyl (C=O) groups is 3. The normalized spacial score (nSPS) is 9.60. The summed E-state index contributed by atoms with van der Waals surface area (Å²) in [5.74, 6) is -1.33. The zero-order valence-electron chi connectivity index (χ0n) is 13.4. The van der Waals surface area contributed by atoms with Crippen molar-refractivity contribution in [2.24, 2.45) is 0 Å². The van der Waals surface area contributed by atoms with Crippen molar-refractivity contribution in [1.29, 1.82) is 5.26 Å². The SMILES string of the molecule is CC(=O)Nc1ccc(NC(=O)COC(=O)c2ccc(C#N)cc2)cc1. The third-order valence-electron chi connectivity index (χ3n) is 3.07. The predicted octanol–water partition coefficient (Wildman–Crippen LogP) is 2.31. The van der Waals surface area contributed by atoms with Crippen molar-refractivity contribution in [1.82, 2.24) is 0 Å². The number of carbonyl (C=O) groups excluding carboxylic acids is 3. The van der Waals surface area contributed by atoms with Crippen molar-refractivity contribution >= 4 is 29.2 Å². The van der Waals surface area contributed by atoms with Crippen molar-refractivity contribution in [2.75, 3.05) is 17.2 Å². The fourth-order valence-corrected chi connectivity index (χ4v) is 1.93. The Hall–Kier alpha value is -3.66. The van der Waals surface area contributed by atoms with E-state index in [0.29, 0.717) is 16.9 Å². The zero-order valence-corrected chi connectivity index (χ0v) is 13.4. The predicted molar refractivity (Wildman–Crippen MR) is 90.8 cm³/mol. The number of hydrogen-bond donors (Lipinski definition) is 2. The Labute approximate surface area is 144 Å². The summed E-state index contributed by atoms with van der Waals surface area (Å²) in [5, 5.41) is 13.9. The first-order valence-corrected chi connectivity index (χ1v) is 7.33. The summed E-state index contributed by atoms with van der Waals surface area (Å²) < 4.78 is 4.92. The number of nitrogens with one attached hydrogen (secondary N) is 2. The monoisotopic (exact) mass is 337 g/mol. The maximum absolute atomic E-state index is 11.8. The van der Waals surface area contributed by atoms with Crippen LogP contribution in [0, 0.1) is 11.3 Å². The number of amides is 2. The second-order valence-electron chi connectivity index (χ2n) is 5.07. The Morgan fingerprint density at radius 3 is 2.04 bits per heavy atom. The summed E-state index contributed by atoms with van der Waals surface area (Å²) in [4.78, 5) is 34.6. The van der Waals surface area contributed by atoms with E-state index >= 15 is 0 Å². The number of anilines is 2. The second-order valence-corrected chi connectivity index (χ2v) is 5.07. The fraction of sp³-hybridized carbons (Fsp3) is 0.111. The third-order valence-corrected chi connectivity index (χ3v) is 3.07. The van der Waals surface area contributed by atoms with E-state index in [4.69, 9.17) is 10.00 Å². The minimum atomic E-state index is -0.652. The van der Waals surface area contributed by atoms with E-state index in [1.54, 1.807) is 24.3 Å². The van der Waals surface area contributed by atoms with Gasteiger partial charge in [0, 0.05) is 18.3 Å². The number of rotatable bonds is 5. The average molecular weight is 337 g/mol. The second kappa shape index (κ2) is 8.26. The van der Waals surface area contributed by atoms with Crippen LogP contribution in [0.4, 0.5) is 11.4 Å². The molecule has 25 heavy (non-hydrogen) atoms. The van der Waals surface area contributed by atoms with Crippen LogP contribution in [0.1, 0.15) is 22.8 Å². The van der Waals surface area contributed by atoms with Crippen LogP contribution in [-0.2, 0) is 14.3 Å². The van der Waals surface area contributed by atoms with Crippen LogP contribution >= 0.6 is 0 Å². The quantitative estimate of drug-likeness (QED) is 0.814. The van der Waals surface area contributed by atoms with Crippen LogP contribution in [0.25, 0.3) is 0 Å². The molecule has 0 saturated carbocycles. The molecular formula is C18H15N3O4. The molecule has 2 amide bonds. The molecule has 0 aliphatic heterocycles. The lowest BCUT2D eigenvalue weighted by Crippen LogP contribution is -2.20. The molecule has 0 radical (unpaired) electrons. The molecule has 0 unspecified atom stereocenters. The Bertz CT molecular complexity index is 821. The van der Waals surface area contributed by atoms with Crippen molar-refractivity contribution in [2.45, 2.75) is 6.92 Å². The Morgan fingerprint density at radius 2 is 1.52 bits per heavy atom. The molecule has 0 bridgehead atoms. The first-order chi connectivity index (χ1) is 12.0. The topological polar surface area (TPSA) is 108 Å². The molecular weight excluding hydrogens is 322 g/mol. The van der Waals surface area contributed by atoms with E-state index in [1.165, 1.54) is 31.2 Å². The molecule has 2 aromatic carbocycles. The molecule has 0 aliphatic carbocycles. The number of nitriles is 1. The molecule has 0 spiro atoms. The lowest BCUT2D eigenvalue weighted by Gasteiger charge is -2.08. The van der Waals surface area contributed by atoms with Gasteiger partial charge >= 0.3 is 5.97 Å². The van der Waals surface area contributed by atoms with Crippen LogP contribution < -0.4 is 10.6 Å². The van der Waals surface area contributed by atoms with E-state index < -0.39 is 18.5 Å². The van der Waals surface area contributed by atoms with Crippen molar-refractivity contribution in [3.63, 3.8) is 0 Å². The van der Waals surface area contributed by atoms with Crippen LogP contribution in [0.5, 0.6) is 0 Å². The van der Waals surface area contributed by atoms with E-state index in [1.807, 2.05) is 6.07 Å². The van der Waals surface area contributed by atoms with Gasteiger partial charge in [0.1, 0.15) is 0 Å². The van der Waals surface area contributed by atoms with E-state index in [9.17, 15) is 14.4 Å². The lowest BCUT2D eigenvalue weighted by atomic mass is 10.1. The van der Waals surface area contributed by atoms with Gasteiger partial charge in [0.15, 0.2) is 6.61 Å². The largest absolute Gasteiger partial charge is 0.452 e. The van der Waals surface area contributed by atoms with Gasteiger partial charge in [-0.1, -0.05) is 0 Å². The number of nitrogens with zero attached hydrogens (tertiary/aromatic N) is 1. The van der Waals surface area contributed by atoms with E-state index in [-0.39, 0.29) is 11.5 Å². The summed E-state index contributed by atoms with van der Waals surface area (Å²) in [6.45, 7) is 0.962. The summed E-state index contributed by atoms with van der Waals surface area (Å²) in [5.41, 5.74) is 1.80. The highest BCUT2D eigenvalue weighted by atomic mass is 16.5. The summed E-state index contributed by atoms with van der Waals surface area (Å²) >= 11 is 0. The van der Waals surface area contributed by atoms with Gasteiger partial charge in [-0.2, -0.15) is 5.26 Å². The van der Waals surface area contributed by atoms with Crippen LogP contribution in [0.2, 0.25) is 0 Å². The van der Waals surface area contributed by atoms with Crippen LogP contribution in [0.3, 0.4) is 0 Å². The number of ether oxygens (including phenoxy) is 1. The Balaban J connectivity index is 1.84. The smallest absolute Gasteiger partial charge is 0.338 e. The maximum Gasteiger partial charge on any atom is 0.338 e. The molecule has 2 rings (SSSR count). The van der Waals surface area contributed by atoms with Crippen LogP contribution in [0.15, 0.2) is 48.5 Å². The highest BCUT2D eigenvalue weighted by molar-refractivity contribution is 5.96. The van der Waals surface area contributed by atoms with Gasteiger partial charge in [-0.25, -0.2) is 4.79 Å². The number of benzene rings is 2.